The molecule has 2 aliphatic carbocycles. The van der Waals surface area contributed by atoms with Crippen molar-refractivity contribution in [3.05, 3.63) is 24.3 Å². The molecule has 2 saturated carbocycles. The molecule has 0 atom stereocenters. The molecule has 0 unspecified atom stereocenters. The fourth-order valence-corrected chi connectivity index (χ4v) is 4.92. The molecule has 25 heavy (non-hydrogen) atoms. The van der Waals surface area contributed by atoms with Gasteiger partial charge in [-0.2, -0.15) is 8.78 Å². The van der Waals surface area contributed by atoms with Gasteiger partial charge in [0.05, 0.1) is 13.2 Å². The highest BCUT2D eigenvalue weighted by atomic mass is 19.3. The lowest BCUT2D eigenvalue weighted by atomic mass is 9.75. The van der Waals surface area contributed by atoms with Gasteiger partial charge in [-0.25, -0.2) is 0 Å². The Morgan fingerprint density at radius 1 is 0.760 bits per heavy atom. The molecule has 3 fully saturated rings. The third kappa shape index (κ3) is 5.37. The number of ether oxygens (including phenoxy) is 2. The van der Waals surface area contributed by atoms with Gasteiger partial charge in [0.1, 0.15) is 0 Å². The molecule has 0 aromatic rings. The molecule has 3 aliphatic rings. The van der Waals surface area contributed by atoms with E-state index in [4.69, 9.17) is 9.47 Å². The van der Waals surface area contributed by atoms with E-state index in [-0.39, 0.29) is 12.2 Å². The monoisotopic (exact) mass is 354 g/mol. The first-order valence-corrected chi connectivity index (χ1v) is 10.0. The first kappa shape index (κ1) is 19.0. The van der Waals surface area contributed by atoms with E-state index in [0.29, 0.717) is 11.8 Å². The van der Waals surface area contributed by atoms with Crippen LogP contribution in [0.3, 0.4) is 0 Å². The highest BCUT2D eigenvalue weighted by Crippen LogP contribution is 2.39. The van der Waals surface area contributed by atoms with Gasteiger partial charge in [0.2, 0.25) is 0 Å². The van der Waals surface area contributed by atoms with Gasteiger partial charge in [0, 0.05) is 11.8 Å². The lowest BCUT2D eigenvalue weighted by Gasteiger charge is -2.40. The minimum atomic E-state index is -1.54. The van der Waals surface area contributed by atoms with Gasteiger partial charge < -0.3 is 9.47 Å². The van der Waals surface area contributed by atoms with Crippen molar-refractivity contribution in [1.82, 2.24) is 0 Å². The van der Waals surface area contributed by atoms with Crippen molar-refractivity contribution in [1.29, 1.82) is 0 Å². The molecule has 0 bridgehead atoms. The lowest BCUT2D eigenvalue weighted by Crippen LogP contribution is -2.41. The van der Waals surface area contributed by atoms with Crippen LogP contribution < -0.4 is 0 Å². The van der Waals surface area contributed by atoms with Gasteiger partial charge in [-0.3, -0.25) is 0 Å². The summed E-state index contributed by atoms with van der Waals surface area (Å²) in [7, 11) is 0. The van der Waals surface area contributed by atoms with Crippen LogP contribution in [0.25, 0.3) is 0 Å². The van der Waals surface area contributed by atoms with E-state index in [1.165, 1.54) is 25.7 Å². The largest absolute Gasteiger partial charge is 0.352 e. The van der Waals surface area contributed by atoms with Crippen molar-refractivity contribution in [3.8, 4) is 0 Å². The fourth-order valence-electron chi connectivity index (χ4n) is 4.92. The molecule has 4 heteroatoms. The van der Waals surface area contributed by atoms with Crippen LogP contribution in [-0.2, 0) is 9.47 Å². The first-order chi connectivity index (χ1) is 12.2. The smallest absolute Gasteiger partial charge is 0.266 e. The molecule has 2 nitrogen and oxygen atoms in total. The van der Waals surface area contributed by atoms with E-state index in [0.717, 1.165) is 56.8 Å². The summed E-state index contributed by atoms with van der Waals surface area (Å²) in [6.45, 7) is 3.72. The molecule has 3 rings (SSSR count). The van der Waals surface area contributed by atoms with Crippen molar-refractivity contribution < 1.29 is 18.3 Å². The van der Waals surface area contributed by atoms with Crippen molar-refractivity contribution in [2.75, 3.05) is 13.2 Å². The number of allylic oxidation sites excluding steroid dienone is 3. The van der Waals surface area contributed by atoms with Gasteiger partial charge in [-0.15, -0.1) is 0 Å². The van der Waals surface area contributed by atoms with Crippen molar-refractivity contribution in [2.45, 2.75) is 64.6 Å². The minimum Gasteiger partial charge on any atom is -0.352 e. The highest BCUT2D eigenvalue weighted by Gasteiger charge is 2.35. The van der Waals surface area contributed by atoms with Crippen LogP contribution in [0, 0.1) is 29.6 Å². The Balaban J connectivity index is 1.39. The Kier molecular flexibility index (Phi) is 7.06. The zero-order valence-electron chi connectivity index (χ0n) is 15.3. The van der Waals surface area contributed by atoms with Gasteiger partial charge in [-0.05, 0) is 82.1 Å². The topological polar surface area (TPSA) is 18.5 Å². The number of halogens is 2. The second-order valence-corrected chi connectivity index (χ2v) is 8.13. The summed E-state index contributed by atoms with van der Waals surface area (Å²) < 4.78 is 36.9. The van der Waals surface area contributed by atoms with E-state index in [2.05, 4.69) is 19.1 Å². The van der Waals surface area contributed by atoms with E-state index in [1.54, 1.807) is 0 Å². The quantitative estimate of drug-likeness (QED) is 0.581. The second kappa shape index (κ2) is 9.27. The summed E-state index contributed by atoms with van der Waals surface area (Å²) in [5.74, 6) is 2.43. The average Bonchev–Trinajstić information content (AvgIpc) is 2.63. The average molecular weight is 354 g/mol. The zero-order valence-corrected chi connectivity index (χ0v) is 15.3. The Labute approximate surface area is 150 Å². The van der Waals surface area contributed by atoms with Gasteiger partial charge >= 0.3 is 0 Å². The van der Waals surface area contributed by atoms with Gasteiger partial charge in [0.15, 0.2) is 6.29 Å². The SMILES string of the molecule is C/C=C/C1CCC(C2COC(C3CCC(C=C(F)F)CC3)OC2)CC1. The van der Waals surface area contributed by atoms with Crippen LogP contribution in [0.4, 0.5) is 8.78 Å². The van der Waals surface area contributed by atoms with Crippen LogP contribution in [0.1, 0.15) is 58.3 Å². The third-order valence-electron chi connectivity index (χ3n) is 6.46. The molecule has 0 spiro atoms. The third-order valence-corrected chi connectivity index (χ3v) is 6.46. The van der Waals surface area contributed by atoms with Gasteiger partial charge in [0.25, 0.3) is 6.08 Å². The van der Waals surface area contributed by atoms with E-state index < -0.39 is 6.08 Å². The summed E-state index contributed by atoms with van der Waals surface area (Å²) in [6, 6.07) is 0. The second-order valence-electron chi connectivity index (χ2n) is 8.13. The van der Waals surface area contributed by atoms with Crippen LogP contribution in [0.2, 0.25) is 0 Å². The first-order valence-electron chi connectivity index (χ1n) is 10.0. The minimum absolute atomic E-state index is 0.0324. The van der Waals surface area contributed by atoms with Crippen molar-refractivity contribution in [3.63, 3.8) is 0 Å². The number of hydrogen-bond acceptors (Lipinski definition) is 2. The van der Waals surface area contributed by atoms with Gasteiger partial charge in [-0.1, -0.05) is 12.2 Å². The van der Waals surface area contributed by atoms with Crippen molar-refractivity contribution in [2.24, 2.45) is 29.6 Å². The molecule has 1 aliphatic heterocycles. The summed E-state index contributed by atoms with van der Waals surface area (Å²) in [5, 5.41) is 0. The maximum absolute atomic E-state index is 12.4. The standard InChI is InChI=1S/C21H32F2O2/c1-2-3-15-4-8-17(9-5-15)19-13-24-21(25-14-19)18-10-6-16(7-11-18)12-20(22)23/h2-3,12,15-19,21H,4-11,13-14H2,1H3/b3-2+. The Morgan fingerprint density at radius 3 is 1.88 bits per heavy atom. The van der Waals surface area contributed by atoms with Crippen LogP contribution >= 0.6 is 0 Å². The zero-order chi connectivity index (χ0) is 17.6. The predicted molar refractivity (Wildman–Crippen MR) is 95.2 cm³/mol. The molecular weight excluding hydrogens is 322 g/mol. The molecule has 0 aromatic carbocycles. The van der Waals surface area contributed by atoms with Crippen molar-refractivity contribution >= 4 is 0 Å². The maximum Gasteiger partial charge on any atom is 0.266 e. The Morgan fingerprint density at radius 2 is 1.32 bits per heavy atom. The van der Waals surface area contributed by atoms with Crippen LogP contribution in [0.5, 0.6) is 0 Å². The molecular formula is C21H32F2O2. The van der Waals surface area contributed by atoms with E-state index in [9.17, 15) is 8.78 Å². The van der Waals surface area contributed by atoms with E-state index in [1.807, 2.05) is 0 Å². The Hall–Kier alpha value is -0.740. The number of hydrogen-bond donors (Lipinski definition) is 0. The maximum atomic E-state index is 12.4. The molecule has 0 N–H and O–H groups in total. The molecule has 1 saturated heterocycles. The highest BCUT2D eigenvalue weighted by molar-refractivity contribution is 4.92. The molecule has 0 amide bonds. The lowest BCUT2D eigenvalue weighted by molar-refractivity contribution is -0.236. The molecule has 1 heterocycles. The molecule has 0 aromatic heterocycles. The predicted octanol–water partition coefficient (Wildman–Crippen LogP) is 5.94. The van der Waals surface area contributed by atoms with E-state index >= 15 is 0 Å². The Bertz CT molecular complexity index is 449. The fraction of sp³-hybridized carbons (Fsp3) is 0.810. The summed E-state index contributed by atoms with van der Waals surface area (Å²) >= 11 is 0. The normalized spacial score (nSPS) is 40.1. The summed E-state index contributed by atoms with van der Waals surface area (Å²) in [5.41, 5.74) is 0. The van der Waals surface area contributed by atoms with Crippen LogP contribution in [0.15, 0.2) is 24.3 Å². The molecule has 0 radical (unpaired) electrons. The summed E-state index contributed by atoms with van der Waals surface area (Å²) in [4.78, 5) is 0. The molecule has 142 valence electrons. The number of rotatable bonds is 4. The summed E-state index contributed by atoms with van der Waals surface area (Å²) in [6.07, 6.45) is 12.6. The van der Waals surface area contributed by atoms with Crippen LogP contribution in [-0.4, -0.2) is 19.5 Å².